The highest BCUT2D eigenvalue weighted by Crippen LogP contribution is 2.25. The van der Waals surface area contributed by atoms with E-state index in [1.54, 1.807) is 6.07 Å². The summed E-state index contributed by atoms with van der Waals surface area (Å²) in [5.41, 5.74) is 6.32. The van der Waals surface area contributed by atoms with Crippen molar-refractivity contribution in [3.63, 3.8) is 0 Å². The number of nitrogens with one attached hydrogen (secondary N) is 1. The van der Waals surface area contributed by atoms with Crippen LogP contribution in [-0.2, 0) is 6.54 Å². The molecule has 0 saturated heterocycles. The molecule has 6 heteroatoms. The number of carbonyl (C=O) groups is 1. The van der Waals surface area contributed by atoms with Gasteiger partial charge in [0.1, 0.15) is 5.82 Å². The van der Waals surface area contributed by atoms with E-state index in [2.05, 4.69) is 10.3 Å². The van der Waals surface area contributed by atoms with Crippen molar-refractivity contribution in [1.29, 1.82) is 0 Å². The number of carbonyl (C=O) groups excluding carboxylic acids is 1. The highest BCUT2D eigenvalue weighted by Gasteiger charge is 2.12. The third-order valence-corrected chi connectivity index (χ3v) is 2.80. The van der Waals surface area contributed by atoms with Gasteiger partial charge in [-0.1, -0.05) is 17.7 Å². The number of amides is 1. The Morgan fingerprint density at radius 1 is 1.42 bits per heavy atom. The van der Waals surface area contributed by atoms with Crippen LogP contribution in [0.4, 0.5) is 10.1 Å². The fraction of sp³-hybridized carbons (Fsp3) is 0.0769. The minimum atomic E-state index is -0.589. The molecular formula is C13H11ClFN3O. The summed E-state index contributed by atoms with van der Waals surface area (Å²) in [6.45, 7) is 0.224. The van der Waals surface area contributed by atoms with E-state index in [0.717, 1.165) is 0 Å². The number of para-hydroxylation sites is 1. The number of hydrogen-bond acceptors (Lipinski definition) is 3. The van der Waals surface area contributed by atoms with E-state index >= 15 is 0 Å². The van der Waals surface area contributed by atoms with E-state index in [1.807, 2.05) is 0 Å². The number of pyridine rings is 1. The largest absolute Gasteiger partial charge is 0.325 e. The lowest BCUT2D eigenvalue weighted by atomic mass is 10.2. The molecule has 0 bridgehead atoms. The molecular weight excluding hydrogens is 269 g/mol. The Balaban J connectivity index is 2.25. The lowest BCUT2D eigenvalue weighted by molar-refractivity contribution is 0.102. The van der Waals surface area contributed by atoms with Crippen LogP contribution in [0.15, 0.2) is 36.5 Å². The van der Waals surface area contributed by atoms with Crippen LogP contribution in [0.5, 0.6) is 0 Å². The molecule has 0 saturated carbocycles. The molecule has 0 spiro atoms. The van der Waals surface area contributed by atoms with Crippen molar-refractivity contribution in [2.75, 3.05) is 5.32 Å². The van der Waals surface area contributed by atoms with Gasteiger partial charge in [-0.25, -0.2) is 4.39 Å². The fourth-order valence-electron chi connectivity index (χ4n) is 1.53. The van der Waals surface area contributed by atoms with Crippen molar-refractivity contribution < 1.29 is 9.18 Å². The van der Waals surface area contributed by atoms with E-state index in [-0.39, 0.29) is 17.3 Å². The summed E-state index contributed by atoms with van der Waals surface area (Å²) < 4.78 is 13.5. The molecule has 0 aliphatic heterocycles. The number of aromatic nitrogens is 1. The maximum Gasteiger partial charge on any atom is 0.255 e. The molecule has 2 rings (SSSR count). The Labute approximate surface area is 114 Å². The Kier molecular flexibility index (Phi) is 4.09. The van der Waals surface area contributed by atoms with Gasteiger partial charge < -0.3 is 11.1 Å². The SMILES string of the molecule is NCc1cc(C(=O)Nc2c(F)cccc2Cl)ccn1. The van der Waals surface area contributed by atoms with Crippen molar-refractivity contribution in [3.8, 4) is 0 Å². The zero-order chi connectivity index (χ0) is 13.8. The molecule has 1 aromatic heterocycles. The van der Waals surface area contributed by atoms with E-state index in [0.29, 0.717) is 11.3 Å². The molecule has 1 aromatic carbocycles. The van der Waals surface area contributed by atoms with E-state index in [4.69, 9.17) is 17.3 Å². The van der Waals surface area contributed by atoms with Gasteiger partial charge in [0.05, 0.1) is 16.4 Å². The summed E-state index contributed by atoms with van der Waals surface area (Å²) in [6.07, 6.45) is 1.47. The highest BCUT2D eigenvalue weighted by molar-refractivity contribution is 6.33. The van der Waals surface area contributed by atoms with E-state index in [9.17, 15) is 9.18 Å². The number of nitrogens with zero attached hydrogens (tertiary/aromatic N) is 1. The molecule has 0 unspecified atom stereocenters. The summed E-state index contributed by atoms with van der Waals surface area (Å²) in [6, 6.07) is 7.25. The first-order valence-corrected chi connectivity index (χ1v) is 5.90. The normalized spacial score (nSPS) is 10.3. The topological polar surface area (TPSA) is 68.0 Å². The lowest BCUT2D eigenvalue weighted by Crippen LogP contribution is -2.14. The van der Waals surface area contributed by atoms with Crippen LogP contribution in [0.25, 0.3) is 0 Å². The number of hydrogen-bond donors (Lipinski definition) is 2. The first-order valence-electron chi connectivity index (χ1n) is 5.52. The molecule has 1 heterocycles. The van der Waals surface area contributed by atoms with Crippen LogP contribution in [0.3, 0.4) is 0 Å². The Morgan fingerprint density at radius 3 is 2.89 bits per heavy atom. The molecule has 4 nitrogen and oxygen atoms in total. The van der Waals surface area contributed by atoms with Crippen molar-refractivity contribution in [2.45, 2.75) is 6.54 Å². The molecule has 0 atom stereocenters. The van der Waals surface area contributed by atoms with Gasteiger partial charge in [-0.2, -0.15) is 0 Å². The van der Waals surface area contributed by atoms with Crippen LogP contribution in [-0.4, -0.2) is 10.9 Å². The molecule has 0 fully saturated rings. The van der Waals surface area contributed by atoms with Gasteiger partial charge in [0.25, 0.3) is 5.91 Å². The average molecular weight is 280 g/mol. The van der Waals surface area contributed by atoms with Gasteiger partial charge >= 0.3 is 0 Å². The van der Waals surface area contributed by atoms with Crippen molar-refractivity contribution >= 4 is 23.2 Å². The molecule has 0 aliphatic carbocycles. The minimum Gasteiger partial charge on any atom is -0.325 e. The smallest absolute Gasteiger partial charge is 0.255 e. The molecule has 1 amide bonds. The van der Waals surface area contributed by atoms with Crippen LogP contribution in [0, 0.1) is 5.82 Å². The predicted octanol–water partition coefficient (Wildman–Crippen LogP) is 2.59. The number of rotatable bonds is 3. The quantitative estimate of drug-likeness (QED) is 0.907. The summed E-state index contributed by atoms with van der Waals surface area (Å²) >= 11 is 5.83. The second-order valence-electron chi connectivity index (χ2n) is 3.79. The maximum absolute atomic E-state index is 13.5. The number of halogens is 2. The summed E-state index contributed by atoms with van der Waals surface area (Å²) in [5.74, 6) is -1.06. The number of anilines is 1. The molecule has 2 aromatic rings. The molecule has 0 radical (unpaired) electrons. The first kappa shape index (κ1) is 13.5. The first-order chi connectivity index (χ1) is 9.11. The summed E-state index contributed by atoms with van der Waals surface area (Å²) in [4.78, 5) is 16.0. The Hall–Kier alpha value is -1.98. The molecule has 19 heavy (non-hydrogen) atoms. The number of nitrogens with two attached hydrogens (primary N) is 1. The average Bonchev–Trinajstić information content (AvgIpc) is 2.43. The Morgan fingerprint density at radius 2 is 2.21 bits per heavy atom. The summed E-state index contributed by atoms with van der Waals surface area (Å²) in [7, 11) is 0. The van der Waals surface area contributed by atoms with E-state index in [1.165, 1.54) is 30.5 Å². The third-order valence-electron chi connectivity index (χ3n) is 2.49. The minimum absolute atomic E-state index is 0.0414. The monoisotopic (exact) mass is 279 g/mol. The van der Waals surface area contributed by atoms with Gasteiger partial charge in [0, 0.05) is 18.3 Å². The van der Waals surface area contributed by atoms with Gasteiger partial charge in [-0.3, -0.25) is 9.78 Å². The van der Waals surface area contributed by atoms with Crippen LogP contribution >= 0.6 is 11.6 Å². The van der Waals surface area contributed by atoms with Crippen molar-refractivity contribution in [1.82, 2.24) is 4.98 Å². The van der Waals surface area contributed by atoms with Crippen LogP contribution in [0.2, 0.25) is 5.02 Å². The van der Waals surface area contributed by atoms with Gasteiger partial charge in [0.2, 0.25) is 0 Å². The van der Waals surface area contributed by atoms with Gasteiger partial charge in [-0.05, 0) is 24.3 Å². The standard InChI is InChI=1S/C13H11ClFN3O/c14-10-2-1-3-11(15)12(10)18-13(19)8-4-5-17-9(6-8)7-16/h1-6H,7,16H2,(H,18,19). The van der Waals surface area contributed by atoms with Crippen molar-refractivity contribution in [2.24, 2.45) is 5.73 Å². The molecule has 98 valence electrons. The maximum atomic E-state index is 13.5. The highest BCUT2D eigenvalue weighted by atomic mass is 35.5. The predicted molar refractivity (Wildman–Crippen MR) is 71.5 cm³/mol. The lowest BCUT2D eigenvalue weighted by Gasteiger charge is -2.08. The number of benzene rings is 1. The van der Waals surface area contributed by atoms with Gasteiger partial charge in [0.15, 0.2) is 0 Å². The second-order valence-corrected chi connectivity index (χ2v) is 4.20. The second kappa shape index (κ2) is 5.77. The zero-order valence-electron chi connectivity index (χ0n) is 9.86. The zero-order valence-corrected chi connectivity index (χ0v) is 10.6. The third kappa shape index (κ3) is 3.07. The van der Waals surface area contributed by atoms with Crippen molar-refractivity contribution in [3.05, 3.63) is 58.6 Å². The Bertz CT molecular complexity index is 598. The fourth-order valence-corrected chi connectivity index (χ4v) is 1.74. The van der Waals surface area contributed by atoms with Gasteiger partial charge in [-0.15, -0.1) is 0 Å². The molecule has 0 aliphatic rings. The summed E-state index contributed by atoms with van der Waals surface area (Å²) in [5, 5.41) is 2.57. The molecule has 3 N–H and O–H groups in total. The van der Waals surface area contributed by atoms with Crippen LogP contribution < -0.4 is 11.1 Å². The van der Waals surface area contributed by atoms with E-state index < -0.39 is 11.7 Å². The van der Waals surface area contributed by atoms with Crippen LogP contribution in [0.1, 0.15) is 16.1 Å².